The zero-order chi connectivity index (χ0) is 8.97. The van der Waals surface area contributed by atoms with E-state index in [0.29, 0.717) is 17.7 Å². The van der Waals surface area contributed by atoms with Gasteiger partial charge in [0.1, 0.15) is 0 Å². The number of thioether (sulfide) groups is 1. The molecule has 2 N–H and O–H groups in total. The quantitative estimate of drug-likeness (QED) is 0.516. The summed E-state index contributed by atoms with van der Waals surface area (Å²) in [5.74, 6) is 2.61. The first-order valence-electron chi connectivity index (χ1n) is 4.11. The minimum Gasteiger partial charge on any atom is -1.00 e. The Bertz CT molecular complexity index is 224. The van der Waals surface area contributed by atoms with Crippen molar-refractivity contribution in [2.45, 2.75) is 31.1 Å². The van der Waals surface area contributed by atoms with E-state index >= 15 is 0 Å². The lowest BCUT2D eigenvalue weighted by Crippen LogP contribution is -3.00. The zero-order valence-electron chi connectivity index (χ0n) is 7.59. The summed E-state index contributed by atoms with van der Waals surface area (Å²) in [5.41, 5.74) is 0. The number of halogens is 1. The molecule has 4 heteroatoms. The predicted octanol–water partition coefficient (Wildman–Crippen LogP) is -3.62. The van der Waals surface area contributed by atoms with Crippen molar-refractivity contribution >= 4 is 16.8 Å². The Hall–Kier alpha value is 0.0200. The number of terminal acetylenes is 1. The van der Waals surface area contributed by atoms with Crippen LogP contribution in [0.25, 0.3) is 0 Å². The van der Waals surface area contributed by atoms with Crippen molar-refractivity contribution in [3.63, 3.8) is 0 Å². The van der Waals surface area contributed by atoms with Crippen LogP contribution in [0.15, 0.2) is 0 Å². The number of aliphatic hydroxyl groups is 1. The number of hydrogen-bond acceptors (Lipinski definition) is 2. The summed E-state index contributed by atoms with van der Waals surface area (Å²) in [7, 11) is 0. The third-order valence-electron chi connectivity index (χ3n) is 1.92. The lowest BCUT2D eigenvalue weighted by molar-refractivity contribution is -0.491. The van der Waals surface area contributed by atoms with Gasteiger partial charge in [-0.1, -0.05) is 17.7 Å². The third kappa shape index (κ3) is 3.72. The highest BCUT2D eigenvalue weighted by Gasteiger charge is 2.31. The fourth-order valence-corrected chi connectivity index (χ4v) is 2.57. The van der Waals surface area contributed by atoms with E-state index in [9.17, 15) is 0 Å². The topological polar surface area (TPSA) is 34.2 Å². The van der Waals surface area contributed by atoms with Crippen molar-refractivity contribution in [2.24, 2.45) is 0 Å². The van der Waals surface area contributed by atoms with E-state index in [1.54, 1.807) is 11.8 Å². The van der Waals surface area contributed by atoms with Crippen LogP contribution in [0.4, 0.5) is 0 Å². The molecule has 74 valence electrons. The molecule has 2 atom stereocenters. The molecule has 0 saturated carbocycles. The van der Waals surface area contributed by atoms with Crippen molar-refractivity contribution in [3.05, 3.63) is 0 Å². The highest BCUT2D eigenvalue weighted by molar-refractivity contribution is 8.14. The summed E-state index contributed by atoms with van der Waals surface area (Å²) in [5, 5.41) is 10.4. The predicted molar refractivity (Wildman–Crippen MR) is 52.0 cm³/mol. The maximum atomic E-state index is 8.77. The first-order valence-corrected chi connectivity index (χ1v) is 4.99. The number of rotatable bonds is 3. The van der Waals surface area contributed by atoms with Gasteiger partial charge in [-0.3, -0.25) is 0 Å². The summed E-state index contributed by atoms with van der Waals surface area (Å²) in [6.45, 7) is 2.38. The Balaban J connectivity index is 0.00000144. The van der Waals surface area contributed by atoms with Gasteiger partial charge >= 0.3 is 0 Å². The van der Waals surface area contributed by atoms with Crippen LogP contribution in [-0.2, 0) is 0 Å². The summed E-state index contributed by atoms with van der Waals surface area (Å²) >= 11 is 1.77. The second-order valence-electron chi connectivity index (χ2n) is 2.91. The molecule has 0 bridgehead atoms. The molecule has 1 aliphatic rings. The standard InChI is InChI=1S/C9H13NOS.BrH/c1-3-4-9-10-7(2)8(12-9)5-6-11;/h1,7-8,11H,4-6H2,2H3;1H. The lowest BCUT2D eigenvalue weighted by atomic mass is 10.2. The van der Waals surface area contributed by atoms with Gasteiger partial charge in [0.25, 0.3) is 0 Å². The van der Waals surface area contributed by atoms with Gasteiger partial charge in [0.15, 0.2) is 6.04 Å². The van der Waals surface area contributed by atoms with Gasteiger partial charge in [-0.15, -0.1) is 6.42 Å². The van der Waals surface area contributed by atoms with Gasteiger partial charge in [0, 0.05) is 6.61 Å². The van der Waals surface area contributed by atoms with E-state index in [4.69, 9.17) is 11.5 Å². The van der Waals surface area contributed by atoms with E-state index in [0.717, 1.165) is 6.42 Å². The molecule has 0 aromatic carbocycles. The Morgan fingerprint density at radius 2 is 2.38 bits per heavy atom. The summed E-state index contributed by atoms with van der Waals surface area (Å²) in [4.78, 5) is 3.32. The monoisotopic (exact) mass is 263 g/mol. The van der Waals surface area contributed by atoms with Crippen LogP contribution >= 0.6 is 11.8 Å². The van der Waals surface area contributed by atoms with Gasteiger partial charge in [-0.25, -0.2) is 4.99 Å². The fraction of sp³-hybridized carbons (Fsp3) is 0.667. The molecule has 0 saturated heterocycles. The molecule has 2 unspecified atom stereocenters. The molecule has 0 spiro atoms. The highest BCUT2D eigenvalue weighted by Crippen LogP contribution is 2.21. The second kappa shape index (κ2) is 6.47. The van der Waals surface area contributed by atoms with Gasteiger partial charge in [-0.2, -0.15) is 0 Å². The van der Waals surface area contributed by atoms with Crippen molar-refractivity contribution in [2.75, 3.05) is 6.61 Å². The highest BCUT2D eigenvalue weighted by atomic mass is 79.9. The molecular weight excluding hydrogens is 250 g/mol. The normalized spacial score (nSPS) is 26.1. The second-order valence-corrected chi connectivity index (χ2v) is 4.24. The average Bonchev–Trinajstić information content (AvgIpc) is 2.34. The maximum Gasteiger partial charge on any atom is 0.221 e. The molecule has 2 nitrogen and oxygen atoms in total. The van der Waals surface area contributed by atoms with Crippen LogP contribution in [0.5, 0.6) is 0 Å². The van der Waals surface area contributed by atoms with E-state index in [1.807, 2.05) is 0 Å². The van der Waals surface area contributed by atoms with E-state index < -0.39 is 0 Å². The summed E-state index contributed by atoms with van der Waals surface area (Å²) in [6.07, 6.45) is 6.73. The third-order valence-corrected chi connectivity index (χ3v) is 3.41. The molecule has 0 aromatic rings. The zero-order valence-corrected chi connectivity index (χ0v) is 9.99. The van der Waals surface area contributed by atoms with Crippen LogP contribution in [0.3, 0.4) is 0 Å². The number of nitrogens with one attached hydrogen (secondary N) is 1. The van der Waals surface area contributed by atoms with Crippen LogP contribution in [0.1, 0.15) is 19.8 Å². The fourth-order valence-electron chi connectivity index (χ4n) is 1.29. The number of aliphatic hydroxyl groups excluding tert-OH is 1. The van der Waals surface area contributed by atoms with Gasteiger partial charge in [-0.05, 0) is 13.3 Å². The molecule has 13 heavy (non-hydrogen) atoms. The van der Waals surface area contributed by atoms with Crippen LogP contribution in [-0.4, -0.2) is 28.0 Å². The molecule has 0 amide bonds. The Labute approximate surface area is 94.0 Å². The maximum absolute atomic E-state index is 8.77. The van der Waals surface area contributed by atoms with Crippen LogP contribution in [0.2, 0.25) is 0 Å². The average molecular weight is 264 g/mol. The first-order chi connectivity index (χ1) is 5.77. The number of hydrogen-bond donors (Lipinski definition) is 2. The SMILES string of the molecule is C#CCC1=[NH+]C(C)C(CCO)S1.[Br-]. The molecule has 1 aliphatic heterocycles. The molecule has 0 aliphatic carbocycles. The molecule has 1 rings (SSSR count). The Kier molecular flexibility index (Phi) is 6.48. The van der Waals surface area contributed by atoms with Crippen molar-refractivity contribution in [1.29, 1.82) is 0 Å². The molecule has 1 heterocycles. The van der Waals surface area contributed by atoms with Crippen LogP contribution in [0, 0.1) is 12.3 Å². The van der Waals surface area contributed by atoms with Crippen molar-refractivity contribution in [3.8, 4) is 12.3 Å². The Morgan fingerprint density at radius 3 is 2.92 bits per heavy atom. The van der Waals surface area contributed by atoms with Crippen molar-refractivity contribution in [1.82, 2.24) is 0 Å². The smallest absolute Gasteiger partial charge is 0.221 e. The van der Waals surface area contributed by atoms with Crippen molar-refractivity contribution < 1.29 is 27.1 Å². The minimum atomic E-state index is 0. The molecule has 0 fully saturated rings. The van der Waals surface area contributed by atoms with Crippen LogP contribution < -0.4 is 22.0 Å². The van der Waals surface area contributed by atoms with E-state index in [1.165, 1.54) is 5.04 Å². The lowest BCUT2D eigenvalue weighted by Gasteiger charge is -2.05. The molecule has 0 radical (unpaired) electrons. The van der Waals surface area contributed by atoms with E-state index in [-0.39, 0.29) is 23.6 Å². The first kappa shape index (κ1) is 13.0. The Morgan fingerprint density at radius 1 is 1.69 bits per heavy atom. The summed E-state index contributed by atoms with van der Waals surface area (Å²) in [6, 6.07) is 0.436. The van der Waals surface area contributed by atoms with Gasteiger partial charge < -0.3 is 22.1 Å². The largest absolute Gasteiger partial charge is 1.00 e. The summed E-state index contributed by atoms with van der Waals surface area (Å²) < 4.78 is 0. The molecule has 0 aromatic heterocycles. The van der Waals surface area contributed by atoms with Gasteiger partial charge in [0.05, 0.1) is 11.7 Å². The minimum absolute atomic E-state index is 0. The molecular formula is C9H14BrNOS. The van der Waals surface area contributed by atoms with Gasteiger partial charge in [0.2, 0.25) is 5.04 Å². The van der Waals surface area contributed by atoms with E-state index in [2.05, 4.69) is 17.8 Å².